The average molecular weight is 599 g/mol. The third-order valence-electron chi connectivity index (χ3n) is 6.73. The van der Waals surface area contributed by atoms with E-state index in [2.05, 4.69) is 10.3 Å². The van der Waals surface area contributed by atoms with Crippen LogP contribution in [-0.4, -0.2) is 79.4 Å². The molecule has 0 atom stereocenters. The number of pyridine rings is 1. The second kappa shape index (κ2) is 16.3. The third kappa shape index (κ3) is 9.55. The Bertz CT molecular complexity index is 1460. The van der Waals surface area contributed by atoms with Crippen molar-refractivity contribution in [2.75, 3.05) is 47.1 Å². The number of hydrogen-bond donors (Lipinski definition) is 2. The number of H-pyrrole nitrogens is 1. The summed E-state index contributed by atoms with van der Waals surface area (Å²) in [5.41, 5.74) is -0.326. The van der Waals surface area contributed by atoms with Crippen LogP contribution >= 0.6 is 0 Å². The van der Waals surface area contributed by atoms with Crippen LogP contribution in [0.5, 0.6) is 5.75 Å². The maximum Gasteiger partial charge on any atom is 0.275 e. The number of aromatic amines is 1. The van der Waals surface area contributed by atoms with Gasteiger partial charge in [0.25, 0.3) is 5.91 Å². The molecule has 230 valence electrons. The predicted molar refractivity (Wildman–Crippen MR) is 156 cm³/mol. The summed E-state index contributed by atoms with van der Waals surface area (Å²) in [5.74, 6) is -3.11. The molecule has 2 N–H and O–H groups in total. The van der Waals surface area contributed by atoms with Gasteiger partial charge in [-0.25, -0.2) is 8.78 Å². The molecule has 1 aromatic heterocycles. The number of amides is 2. The molecular formula is C31H36F2N4O6. The van der Waals surface area contributed by atoms with Crippen LogP contribution in [0.4, 0.5) is 8.78 Å². The minimum absolute atomic E-state index is 0.0453. The van der Waals surface area contributed by atoms with Gasteiger partial charge in [-0.2, -0.15) is 0 Å². The highest BCUT2D eigenvalue weighted by molar-refractivity contribution is 5.99. The molecule has 0 aliphatic heterocycles. The van der Waals surface area contributed by atoms with Crippen molar-refractivity contribution in [1.82, 2.24) is 20.1 Å². The SMILES string of the molecule is COCCN(CNCCN(C)C(C)=O)C(=O)c1[nH]cc(C(=O)CCc2ccc(F)cc2F)c(=O)c1OCc1ccccc1. The Morgan fingerprint density at radius 1 is 1.05 bits per heavy atom. The van der Waals surface area contributed by atoms with Crippen molar-refractivity contribution in [3.63, 3.8) is 0 Å². The summed E-state index contributed by atoms with van der Waals surface area (Å²) >= 11 is 0. The summed E-state index contributed by atoms with van der Waals surface area (Å²) in [6, 6.07) is 12.1. The largest absolute Gasteiger partial charge is 0.483 e. The van der Waals surface area contributed by atoms with E-state index >= 15 is 0 Å². The van der Waals surface area contributed by atoms with Gasteiger partial charge in [0, 0.05) is 59.4 Å². The van der Waals surface area contributed by atoms with Crippen molar-refractivity contribution in [1.29, 1.82) is 0 Å². The highest BCUT2D eigenvalue weighted by atomic mass is 19.1. The Morgan fingerprint density at radius 2 is 1.79 bits per heavy atom. The molecule has 0 bridgehead atoms. The maximum atomic E-state index is 14.1. The summed E-state index contributed by atoms with van der Waals surface area (Å²) in [4.78, 5) is 57.5. The lowest BCUT2D eigenvalue weighted by molar-refractivity contribution is -0.127. The molecule has 0 saturated heterocycles. The first-order chi connectivity index (χ1) is 20.6. The Kier molecular flexibility index (Phi) is 12.5. The van der Waals surface area contributed by atoms with Gasteiger partial charge in [-0.05, 0) is 23.6 Å². The number of hydrogen-bond acceptors (Lipinski definition) is 7. The maximum absolute atomic E-state index is 14.1. The highest BCUT2D eigenvalue weighted by Crippen LogP contribution is 2.18. The van der Waals surface area contributed by atoms with Crippen LogP contribution in [0.3, 0.4) is 0 Å². The van der Waals surface area contributed by atoms with E-state index in [0.29, 0.717) is 13.1 Å². The molecule has 0 spiro atoms. The summed E-state index contributed by atoms with van der Waals surface area (Å²) in [6.45, 7) is 2.70. The number of nitrogens with one attached hydrogen (secondary N) is 2. The van der Waals surface area contributed by atoms with E-state index < -0.39 is 28.8 Å². The van der Waals surface area contributed by atoms with Crippen LogP contribution in [0, 0.1) is 11.6 Å². The van der Waals surface area contributed by atoms with E-state index in [4.69, 9.17) is 9.47 Å². The van der Waals surface area contributed by atoms with E-state index in [1.54, 1.807) is 31.3 Å². The number of likely N-dealkylation sites (N-methyl/N-ethyl adjacent to an activating group) is 1. The van der Waals surface area contributed by atoms with Gasteiger partial charge < -0.3 is 24.3 Å². The molecule has 0 aliphatic carbocycles. The number of benzene rings is 2. The molecule has 0 saturated carbocycles. The summed E-state index contributed by atoms with van der Waals surface area (Å²) < 4.78 is 38.4. The topological polar surface area (TPSA) is 121 Å². The monoisotopic (exact) mass is 598 g/mol. The number of aromatic nitrogens is 1. The standard InChI is InChI=1S/C31H36F2N4O6/c1-21(38)36(2)14-13-34-20-37(15-16-42-3)31(41)28-30(43-19-22-7-5-4-6-8-22)29(40)25(18-35-28)27(39)12-10-23-9-11-24(32)17-26(23)33/h4-9,11,17-18,34H,10,12-16,19-20H2,1-3H3,(H,35,40). The van der Waals surface area contributed by atoms with Crippen LogP contribution < -0.4 is 15.5 Å². The van der Waals surface area contributed by atoms with Crippen molar-refractivity contribution >= 4 is 17.6 Å². The molecular weight excluding hydrogens is 562 g/mol. The number of carbonyl (C=O) groups is 3. The van der Waals surface area contributed by atoms with Crippen molar-refractivity contribution in [3.05, 3.63) is 99.0 Å². The molecule has 10 nitrogen and oxygen atoms in total. The molecule has 2 aromatic carbocycles. The van der Waals surface area contributed by atoms with E-state index in [-0.39, 0.29) is 67.7 Å². The number of nitrogens with zero attached hydrogens (tertiary/aromatic N) is 2. The van der Waals surface area contributed by atoms with Gasteiger partial charge in [-0.3, -0.25) is 24.5 Å². The molecule has 0 fully saturated rings. The zero-order chi connectivity index (χ0) is 31.4. The summed E-state index contributed by atoms with van der Waals surface area (Å²) in [5, 5.41) is 3.11. The second-order valence-corrected chi connectivity index (χ2v) is 9.83. The smallest absolute Gasteiger partial charge is 0.275 e. The highest BCUT2D eigenvalue weighted by Gasteiger charge is 2.26. The number of halogens is 2. The van der Waals surface area contributed by atoms with Gasteiger partial charge >= 0.3 is 0 Å². The number of Topliss-reactive ketones (excluding diaryl/α,β-unsaturated/α-hetero) is 1. The molecule has 2 amide bonds. The van der Waals surface area contributed by atoms with Crippen LogP contribution in [0.1, 0.15) is 45.3 Å². The number of ketones is 1. The fourth-order valence-electron chi connectivity index (χ4n) is 4.08. The van der Waals surface area contributed by atoms with Crippen molar-refractivity contribution in [3.8, 4) is 5.75 Å². The second-order valence-electron chi connectivity index (χ2n) is 9.83. The Morgan fingerprint density at radius 3 is 2.47 bits per heavy atom. The van der Waals surface area contributed by atoms with Crippen molar-refractivity contribution < 1.29 is 32.6 Å². The minimum Gasteiger partial charge on any atom is -0.483 e. The van der Waals surface area contributed by atoms with Crippen LogP contribution in [0.2, 0.25) is 0 Å². The number of ether oxygens (including phenoxy) is 2. The summed E-state index contributed by atoms with van der Waals surface area (Å²) in [7, 11) is 3.16. The van der Waals surface area contributed by atoms with Gasteiger partial charge in [0.05, 0.1) is 18.8 Å². The molecule has 3 rings (SSSR count). The first kappa shape index (κ1) is 33.1. The fraction of sp³-hybridized carbons (Fsp3) is 0.355. The Labute approximate surface area is 248 Å². The predicted octanol–water partition coefficient (Wildman–Crippen LogP) is 3.16. The average Bonchev–Trinajstić information content (AvgIpc) is 2.99. The van der Waals surface area contributed by atoms with E-state index in [1.165, 1.54) is 29.9 Å². The molecule has 0 aliphatic rings. The third-order valence-corrected chi connectivity index (χ3v) is 6.73. The number of rotatable bonds is 16. The quantitative estimate of drug-likeness (QED) is 0.148. The molecule has 43 heavy (non-hydrogen) atoms. The Hall–Kier alpha value is -4.42. The lowest BCUT2D eigenvalue weighted by atomic mass is 10.0. The van der Waals surface area contributed by atoms with E-state index in [0.717, 1.165) is 23.9 Å². The van der Waals surface area contributed by atoms with Crippen LogP contribution in [-0.2, 0) is 22.6 Å². The first-order valence-corrected chi connectivity index (χ1v) is 13.7. The zero-order valence-corrected chi connectivity index (χ0v) is 24.5. The number of methoxy groups -OCH3 is 1. The number of carbonyl (C=O) groups excluding carboxylic acids is 3. The molecule has 3 aromatic rings. The van der Waals surface area contributed by atoms with E-state index in [9.17, 15) is 28.0 Å². The minimum atomic E-state index is -0.787. The molecule has 12 heteroatoms. The summed E-state index contributed by atoms with van der Waals surface area (Å²) in [6.07, 6.45) is 0.869. The lowest BCUT2D eigenvalue weighted by Crippen LogP contribution is -2.44. The Balaban J connectivity index is 1.87. The van der Waals surface area contributed by atoms with Gasteiger partial charge in [-0.15, -0.1) is 0 Å². The van der Waals surface area contributed by atoms with Gasteiger partial charge in [0.15, 0.2) is 17.2 Å². The van der Waals surface area contributed by atoms with E-state index in [1.807, 2.05) is 6.07 Å². The molecule has 1 heterocycles. The zero-order valence-electron chi connectivity index (χ0n) is 24.5. The van der Waals surface area contributed by atoms with Crippen LogP contribution in [0.15, 0.2) is 59.5 Å². The van der Waals surface area contributed by atoms with Crippen molar-refractivity contribution in [2.24, 2.45) is 0 Å². The van der Waals surface area contributed by atoms with Gasteiger partial charge in [0.2, 0.25) is 11.3 Å². The first-order valence-electron chi connectivity index (χ1n) is 13.7. The lowest BCUT2D eigenvalue weighted by Gasteiger charge is -2.24. The van der Waals surface area contributed by atoms with Crippen LogP contribution in [0.25, 0.3) is 0 Å². The molecule has 0 unspecified atom stereocenters. The van der Waals surface area contributed by atoms with Crippen molar-refractivity contribution in [2.45, 2.75) is 26.4 Å². The van der Waals surface area contributed by atoms with Gasteiger partial charge in [-0.1, -0.05) is 36.4 Å². The molecule has 0 radical (unpaired) electrons. The normalized spacial score (nSPS) is 10.8. The number of aryl methyl sites for hydroxylation is 1. The fourth-order valence-corrected chi connectivity index (χ4v) is 4.08. The van der Waals surface area contributed by atoms with Gasteiger partial charge in [0.1, 0.15) is 18.2 Å².